The first kappa shape index (κ1) is 20.2. The topological polar surface area (TPSA) is 75.1 Å². The summed E-state index contributed by atoms with van der Waals surface area (Å²) in [4.78, 5) is 19.3. The van der Waals surface area contributed by atoms with Crippen molar-refractivity contribution < 1.29 is 9.53 Å². The summed E-state index contributed by atoms with van der Waals surface area (Å²) >= 11 is 0. The summed E-state index contributed by atoms with van der Waals surface area (Å²) in [7, 11) is 3.31. The maximum Gasteiger partial charge on any atom is 0.293 e. The van der Waals surface area contributed by atoms with E-state index < -0.39 is 0 Å². The number of rotatable bonds is 7. The Kier molecular flexibility index (Phi) is 9.36. The molecule has 0 unspecified atom stereocenters. The van der Waals surface area contributed by atoms with Crippen LogP contribution < -0.4 is 10.6 Å². The van der Waals surface area contributed by atoms with E-state index in [-0.39, 0.29) is 5.91 Å². The molecule has 0 spiro atoms. The Labute approximate surface area is 149 Å². The Morgan fingerprint density at radius 2 is 1.96 bits per heavy atom. The lowest BCUT2D eigenvalue weighted by Gasteiger charge is -2.12. The standard InChI is InChI=1S/C19H26N4O2/c1-15-10-11-17(22-16(2)24)14-18(15)23-19(25-4)21-13-9-7-5-6-8-12-20-3/h5-6,9-14H,7-8H2,1-4H3,(H,21,23)(H,22,24)/b6-5-,13-9+,20-12?. The first-order valence-corrected chi connectivity index (χ1v) is 8.04. The van der Waals surface area contributed by atoms with Crippen LogP contribution in [0.25, 0.3) is 0 Å². The molecule has 0 radical (unpaired) electrons. The Morgan fingerprint density at radius 3 is 2.64 bits per heavy atom. The lowest BCUT2D eigenvalue weighted by molar-refractivity contribution is -0.114. The van der Waals surface area contributed by atoms with E-state index in [0.717, 1.165) is 24.1 Å². The number of anilines is 2. The SMILES string of the molecule is CN=CC/C=C\C/C=C/N=C(Nc1cc(NC(C)=O)ccc1C)OC. The zero-order valence-electron chi connectivity index (χ0n) is 15.2. The monoisotopic (exact) mass is 342 g/mol. The molecule has 0 aliphatic rings. The van der Waals surface area contributed by atoms with Crippen molar-refractivity contribution in [3.05, 3.63) is 48.2 Å². The number of aryl methyl sites for hydroxylation is 1. The van der Waals surface area contributed by atoms with E-state index in [2.05, 4.69) is 26.7 Å². The maximum atomic E-state index is 11.2. The number of nitrogens with zero attached hydrogens (tertiary/aromatic N) is 2. The minimum atomic E-state index is -0.114. The average Bonchev–Trinajstić information content (AvgIpc) is 2.58. The highest BCUT2D eigenvalue weighted by Crippen LogP contribution is 2.20. The number of hydrogen-bond acceptors (Lipinski definition) is 4. The van der Waals surface area contributed by atoms with Gasteiger partial charge in [-0.3, -0.25) is 4.79 Å². The second-order valence-electron chi connectivity index (χ2n) is 5.24. The molecule has 0 aliphatic heterocycles. The third-order valence-corrected chi connectivity index (χ3v) is 3.15. The highest BCUT2D eigenvalue weighted by Gasteiger charge is 2.04. The van der Waals surface area contributed by atoms with E-state index in [9.17, 15) is 4.79 Å². The molecule has 0 saturated carbocycles. The van der Waals surface area contributed by atoms with Gasteiger partial charge in [0, 0.05) is 44.2 Å². The van der Waals surface area contributed by atoms with Crippen molar-refractivity contribution in [3.8, 4) is 0 Å². The molecule has 2 N–H and O–H groups in total. The van der Waals surface area contributed by atoms with Gasteiger partial charge in [0.05, 0.1) is 7.11 Å². The summed E-state index contributed by atoms with van der Waals surface area (Å²) in [6.07, 6.45) is 11.2. The van der Waals surface area contributed by atoms with Crippen LogP contribution in [0.1, 0.15) is 25.3 Å². The van der Waals surface area contributed by atoms with Gasteiger partial charge < -0.3 is 20.4 Å². The quantitative estimate of drug-likeness (QED) is 0.448. The van der Waals surface area contributed by atoms with Crippen molar-refractivity contribution in [2.75, 3.05) is 24.8 Å². The molecule has 25 heavy (non-hydrogen) atoms. The van der Waals surface area contributed by atoms with Crippen LogP contribution in [0.3, 0.4) is 0 Å². The predicted octanol–water partition coefficient (Wildman–Crippen LogP) is 3.92. The second-order valence-corrected chi connectivity index (χ2v) is 5.24. The van der Waals surface area contributed by atoms with E-state index in [1.165, 1.54) is 6.92 Å². The van der Waals surface area contributed by atoms with Crippen molar-refractivity contribution in [1.82, 2.24) is 0 Å². The van der Waals surface area contributed by atoms with E-state index in [1.807, 2.05) is 43.5 Å². The number of carbonyl (C=O) groups is 1. The van der Waals surface area contributed by atoms with E-state index >= 15 is 0 Å². The number of amides is 1. The van der Waals surface area contributed by atoms with Crippen molar-refractivity contribution in [3.63, 3.8) is 0 Å². The number of amidine groups is 1. The molecular formula is C19H26N4O2. The van der Waals surface area contributed by atoms with Gasteiger partial charge in [0.2, 0.25) is 5.91 Å². The number of benzene rings is 1. The molecule has 1 aromatic carbocycles. The summed E-state index contributed by atoms with van der Waals surface area (Å²) < 4.78 is 5.25. The summed E-state index contributed by atoms with van der Waals surface area (Å²) in [6, 6.07) is 5.98. The number of hydrogen-bond donors (Lipinski definition) is 2. The predicted molar refractivity (Wildman–Crippen MR) is 105 cm³/mol. The smallest absolute Gasteiger partial charge is 0.293 e. The molecular weight excluding hydrogens is 316 g/mol. The van der Waals surface area contributed by atoms with Crippen LogP contribution in [-0.2, 0) is 9.53 Å². The molecule has 0 aromatic heterocycles. The van der Waals surface area contributed by atoms with Gasteiger partial charge in [-0.2, -0.15) is 0 Å². The molecule has 134 valence electrons. The Hall–Kier alpha value is -2.89. The van der Waals surface area contributed by atoms with Crippen molar-refractivity contribution >= 4 is 29.5 Å². The fraction of sp³-hybridized carbons (Fsp3) is 0.316. The summed E-state index contributed by atoms with van der Waals surface area (Å²) in [6.45, 7) is 3.44. The normalized spacial score (nSPS) is 12.2. The number of allylic oxidation sites excluding steroid dienone is 3. The van der Waals surface area contributed by atoms with Crippen LogP contribution in [-0.4, -0.2) is 32.3 Å². The zero-order valence-corrected chi connectivity index (χ0v) is 15.2. The van der Waals surface area contributed by atoms with Crippen LogP contribution in [0.4, 0.5) is 11.4 Å². The van der Waals surface area contributed by atoms with Gasteiger partial charge in [-0.15, -0.1) is 0 Å². The van der Waals surface area contributed by atoms with Gasteiger partial charge in [-0.25, -0.2) is 4.99 Å². The Bertz CT molecular complexity index is 676. The molecule has 6 heteroatoms. The maximum absolute atomic E-state index is 11.2. The second kappa shape index (κ2) is 11.6. The van der Waals surface area contributed by atoms with Crippen LogP contribution in [0.5, 0.6) is 0 Å². The molecule has 6 nitrogen and oxygen atoms in total. The number of methoxy groups -OCH3 is 1. The number of aliphatic imine (C=N–C) groups is 2. The molecule has 0 aliphatic carbocycles. The van der Waals surface area contributed by atoms with Crippen LogP contribution in [0.15, 0.2) is 52.6 Å². The van der Waals surface area contributed by atoms with Crippen LogP contribution in [0.2, 0.25) is 0 Å². The minimum absolute atomic E-state index is 0.114. The first-order valence-electron chi connectivity index (χ1n) is 8.04. The van der Waals surface area contributed by atoms with Crippen LogP contribution in [0, 0.1) is 6.92 Å². The minimum Gasteiger partial charge on any atom is -0.468 e. The molecule has 0 atom stereocenters. The first-order chi connectivity index (χ1) is 12.1. The molecule has 1 amide bonds. The lowest BCUT2D eigenvalue weighted by Crippen LogP contribution is -2.15. The van der Waals surface area contributed by atoms with Gasteiger partial charge in [-0.1, -0.05) is 24.3 Å². The van der Waals surface area contributed by atoms with Gasteiger partial charge in [0.1, 0.15) is 0 Å². The zero-order chi connectivity index (χ0) is 18.5. The van der Waals surface area contributed by atoms with Crippen molar-refractivity contribution in [2.45, 2.75) is 26.7 Å². The van der Waals surface area contributed by atoms with Crippen molar-refractivity contribution in [1.29, 1.82) is 0 Å². The van der Waals surface area contributed by atoms with Gasteiger partial charge in [0.15, 0.2) is 0 Å². The molecule has 1 rings (SSSR count). The van der Waals surface area contributed by atoms with Crippen LogP contribution >= 0.6 is 0 Å². The fourth-order valence-electron chi connectivity index (χ4n) is 1.91. The van der Waals surface area contributed by atoms with E-state index in [4.69, 9.17) is 4.74 Å². The average molecular weight is 342 g/mol. The van der Waals surface area contributed by atoms with Gasteiger partial charge in [-0.05, 0) is 31.0 Å². The highest BCUT2D eigenvalue weighted by molar-refractivity contribution is 5.93. The molecule has 0 fully saturated rings. The number of nitrogens with one attached hydrogen (secondary N) is 2. The largest absolute Gasteiger partial charge is 0.468 e. The molecule has 1 aromatic rings. The summed E-state index contributed by atoms with van der Waals surface area (Å²) in [5.74, 6) is -0.114. The summed E-state index contributed by atoms with van der Waals surface area (Å²) in [5.41, 5.74) is 2.55. The number of ether oxygens (including phenoxy) is 1. The van der Waals surface area contributed by atoms with E-state index in [1.54, 1.807) is 20.4 Å². The molecule has 0 heterocycles. The molecule has 0 bridgehead atoms. The fourth-order valence-corrected chi connectivity index (χ4v) is 1.91. The number of carbonyl (C=O) groups excluding carboxylic acids is 1. The molecule has 0 saturated heterocycles. The Balaban J connectivity index is 2.68. The van der Waals surface area contributed by atoms with Gasteiger partial charge in [0.25, 0.3) is 6.02 Å². The Morgan fingerprint density at radius 1 is 1.20 bits per heavy atom. The van der Waals surface area contributed by atoms with Gasteiger partial charge >= 0.3 is 0 Å². The van der Waals surface area contributed by atoms with Crippen molar-refractivity contribution in [2.24, 2.45) is 9.98 Å². The summed E-state index contributed by atoms with van der Waals surface area (Å²) in [5, 5.41) is 5.87. The highest BCUT2D eigenvalue weighted by atomic mass is 16.5. The van der Waals surface area contributed by atoms with E-state index in [0.29, 0.717) is 11.7 Å². The third kappa shape index (κ3) is 8.50. The lowest BCUT2D eigenvalue weighted by atomic mass is 10.2. The third-order valence-electron chi connectivity index (χ3n) is 3.15.